The van der Waals surface area contributed by atoms with Gasteiger partial charge >= 0.3 is 5.97 Å². The second kappa shape index (κ2) is 9.12. The van der Waals surface area contributed by atoms with Crippen LogP contribution in [0, 0.1) is 6.92 Å². The van der Waals surface area contributed by atoms with E-state index in [0.717, 1.165) is 24.2 Å². The van der Waals surface area contributed by atoms with Gasteiger partial charge in [0.15, 0.2) is 0 Å². The Balaban J connectivity index is 1.37. The lowest BCUT2D eigenvalue weighted by molar-refractivity contribution is 0.00102. The highest BCUT2D eigenvalue weighted by atomic mass is 16.5. The molecule has 1 aliphatic rings. The molecule has 0 radical (unpaired) electrons. The molecule has 2 heterocycles. The number of carbonyl (C=O) groups excluding carboxylic acids is 1. The number of furan rings is 1. The van der Waals surface area contributed by atoms with Crippen LogP contribution in [0.25, 0.3) is 11.0 Å². The van der Waals surface area contributed by atoms with Gasteiger partial charge in [-0.25, -0.2) is 4.79 Å². The van der Waals surface area contributed by atoms with Crippen molar-refractivity contribution in [2.75, 3.05) is 19.7 Å². The molecule has 0 aliphatic carbocycles. The molecule has 0 amide bonds. The van der Waals surface area contributed by atoms with Gasteiger partial charge in [0.05, 0.1) is 23.6 Å². The molecule has 1 aromatic heterocycles. The Bertz CT molecular complexity index is 1200. The first-order chi connectivity index (χ1) is 16.1. The summed E-state index contributed by atoms with van der Waals surface area (Å²) in [4.78, 5) is 14.8. The lowest BCUT2D eigenvalue weighted by Gasteiger charge is -2.44. The highest BCUT2D eigenvalue weighted by Crippen LogP contribution is 2.36. The van der Waals surface area contributed by atoms with E-state index in [9.17, 15) is 4.79 Å². The first kappa shape index (κ1) is 21.3. The summed E-state index contributed by atoms with van der Waals surface area (Å²) in [6.45, 7) is 5.59. The minimum absolute atomic E-state index is 0.0239. The molecule has 1 aliphatic heterocycles. The fourth-order valence-electron chi connectivity index (χ4n) is 4.48. The zero-order chi connectivity index (χ0) is 22.8. The number of benzene rings is 3. The molecule has 4 aromatic rings. The lowest BCUT2D eigenvalue weighted by Crippen LogP contribution is -2.55. The van der Waals surface area contributed by atoms with Crippen LogP contribution in [0.3, 0.4) is 0 Å². The van der Waals surface area contributed by atoms with E-state index < -0.39 is 0 Å². The SMILES string of the molecule is CCOC(=O)c1cc(OC2CN(C(c3ccccc3)c3ccccc3)C2)c2cc(C)oc2c1. The number of carbonyl (C=O) groups is 1. The summed E-state index contributed by atoms with van der Waals surface area (Å²) in [5.41, 5.74) is 3.60. The van der Waals surface area contributed by atoms with Crippen molar-refractivity contribution in [3.05, 3.63) is 101 Å². The third-order valence-corrected chi connectivity index (χ3v) is 6.00. The molecule has 168 valence electrons. The molecule has 0 spiro atoms. The van der Waals surface area contributed by atoms with Crippen molar-refractivity contribution >= 4 is 16.9 Å². The number of ether oxygens (including phenoxy) is 2. The van der Waals surface area contributed by atoms with Gasteiger partial charge in [-0.05, 0) is 43.2 Å². The van der Waals surface area contributed by atoms with Gasteiger partial charge in [0.25, 0.3) is 0 Å². The predicted octanol–water partition coefficient (Wildman–Crippen LogP) is 5.77. The summed E-state index contributed by atoms with van der Waals surface area (Å²) >= 11 is 0. The molecule has 1 saturated heterocycles. The van der Waals surface area contributed by atoms with Crippen LogP contribution in [0.2, 0.25) is 0 Å². The maximum absolute atomic E-state index is 12.3. The second-order valence-electron chi connectivity index (χ2n) is 8.38. The van der Waals surface area contributed by atoms with Crippen molar-refractivity contribution in [2.45, 2.75) is 26.0 Å². The summed E-state index contributed by atoms with van der Waals surface area (Å²) in [5.74, 6) is 1.06. The maximum atomic E-state index is 12.3. The highest BCUT2D eigenvalue weighted by molar-refractivity contribution is 5.96. The highest BCUT2D eigenvalue weighted by Gasteiger charge is 2.36. The van der Waals surface area contributed by atoms with Crippen LogP contribution in [0.1, 0.15) is 40.2 Å². The minimum Gasteiger partial charge on any atom is -0.487 e. The second-order valence-corrected chi connectivity index (χ2v) is 8.38. The molecular formula is C28H27NO4. The number of nitrogens with zero attached hydrogens (tertiary/aromatic N) is 1. The van der Waals surface area contributed by atoms with Crippen molar-refractivity contribution < 1.29 is 18.7 Å². The lowest BCUT2D eigenvalue weighted by atomic mass is 9.94. The number of fused-ring (bicyclic) bond motifs is 1. The first-order valence-corrected chi connectivity index (χ1v) is 11.3. The number of hydrogen-bond acceptors (Lipinski definition) is 5. The molecular weight excluding hydrogens is 414 g/mol. The van der Waals surface area contributed by atoms with Gasteiger partial charge in [-0.2, -0.15) is 0 Å². The molecule has 5 rings (SSSR count). The number of aryl methyl sites for hydroxylation is 1. The van der Waals surface area contributed by atoms with E-state index in [-0.39, 0.29) is 18.1 Å². The molecule has 5 nitrogen and oxygen atoms in total. The van der Waals surface area contributed by atoms with Crippen LogP contribution in [0.4, 0.5) is 0 Å². The Hall–Kier alpha value is -3.57. The van der Waals surface area contributed by atoms with E-state index >= 15 is 0 Å². The van der Waals surface area contributed by atoms with Crippen LogP contribution in [0.5, 0.6) is 5.75 Å². The Morgan fingerprint density at radius 2 is 1.64 bits per heavy atom. The average molecular weight is 442 g/mol. The summed E-state index contributed by atoms with van der Waals surface area (Å²) in [6, 6.07) is 26.7. The van der Waals surface area contributed by atoms with Crippen molar-refractivity contribution in [1.82, 2.24) is 4.90 Å². The van der Waals surface area contributed by atoms with Gasteiger partial charge in [-0.1, -0.05) is 60.7 Å². The number of rotatable bonds is 7. The molecule has 1 fully saturated rings. The molecule has 33 heavy (non-hydrogen) atoms. The third-order valence-electron chi connectivity index (χ3n) is 6.00. The topological polar surface area (TPSA) is 51.9 Å². The fourth-order valence-corrected chi connectivity index (χ4v) is 4.48. The fraction of sp³-hybridized carbons (Fsp3) is 0.250. The van der Waals surface area contributed by atoms with E-state index in [1.165, 1.54) is 11.1 Å². The number of esters is 1. The Morgan fingerprint density at radius 3 is 2.24 bits per heavy atom. The van der Waals surface area contributed by atoms with Crippen LogP contribution in [-0.4, -0.2) is 36.7 Å². The van der Waals surface area contributed by atoms with E-state index in [1.54, 1.807) is 19.1 Å². The zero-order valence-electron chi connectivity index (χ0n) is 18.9. The summed E-state index contributed by atoms with van der Waals surface area (Å²) in [7, 11) is 0. The molecule has 0 N–H and O–H groups in total. The van der Waals surface area contributed by atoms with Crippen LogP contribution >= 0.6 is 0 Å². The molecule has 0 unspecified atom stereocenters. The van der Waals surface area contributed by atoms with Crippen molar-refractivity contribution in [3.8, 4) is 5.75 Å². The average Bonchev–Trinajstić information content (AvgIpc) is 3.19. The van der Waals surface area contributed by atoms with Gasteiger partial charge in [-0.15, -0.1) is 0 Å². The van der Waals surface area contributed by atoms with Gasteiger partial charge < -0.3 is 13.9 Å². The van der Waals surface area contributed by atoms with Gasteiger partial charge in [0.1, 0.15) is 23.2 Å². The zero-order valence-corrected chi connectivity index (χ0v) is 18.9. The number of likely N-dealkylation sites (tertiary alicyclic amines) is 1. The van der Waals surface area contributed by atoms with Crippen LogP contribution in [0.15, 0.2) is 83.3 Å². The largest absolute Gasteiger partial charge is 0.487 e. The Labute approximate surface area is 193 Å². The predicted molar refractivity (Wildman–Crippen MR) is 128 cm³/mol. The molecule has 0 bridgehead atoms. The number of hydrogen-bond donors (Lipinski definition) is 0. The van der Waals surface area contributed by atoms with Crippen molar-refractivity contribution in [2.24, 2.45) is 0 Å². The van der Waals surface area contributed by atoms with Crippen molar-refractivity contribution in [1.29, 1.82) is 0 Å². The summed E-state index contributed by atoms with van der Waals surface area (Å²) in [6.07, 6.45) is 0.0239. The maximum Gasteiger partial charge on any atom is 0.338 e. The van der Waals surface area contributed by atoms with E-state index in [4.69, 9.17) is 13.9 Å². The smallest absolute Gasteiger partial charge is 0.338 e. The van der Waals surface area contributed by atoms with Crippen molar-refractivity contribution in [3.63, 3.8) is 0 Å². The van der Waals surface area contributed by atoms with Crippen LogP contribution in [-0.2, 0) is 4.74 Å². The molecule has 5 heteroatoms. The molecule has 0 atom stereocenters. The third kappa shape index (κ3) is 4.37. The minimum atomic E-state index is -0.373. The molecule has 0 saturated carbocycles. The van der Waals surface area contributed by atoms with E-state index in [2.05, 4.69) is 53.4 Å². The summed E-state index contributed by atoms with van der Waals surface area (Å²) < 4.78 is 17.4. The quantitative estimate of drug-likeness (QED) is 0.341. The monoisotopic (exact) mass is 441 g/mol. The van der Waals surface area contributed by atoms with E-state index in [0.29, 0.717) is 23.5 Å². The van der Waals surface area contributed by atoms with Gasteiger partial charge in [0, 0.05) is 13.1 Å². The van der Waals surface area contributed by atoms with Gasteiger partial charge in [-0.3, -0.25) is 4.90 Å². The first-order valence-electron chi connectivity index (χ1n) is 11.3. The molecule has 3 aromatic carbocycles. The van der Waals surface area contributed by atoms with E-state index in [1.807, 2.05) is 25.1 Å². The Morgan fingerprint density at radius 1 is 1.00 bits per heavy atom. The Kier molecular flexibility index (Phi) is 5.88. The van der Waals surface area contributed by atoms with Crippen LogP contribution < -0.4 is 4.74 Å². The summed E-state index contributed by atoms with van der Waals surface area (Å²) in [5, 5.41) is 0.877. The normalized spacial score (nSPS) is 14.4. The standard InChI is InChI=1S/C28H27NO4/c1-3-31-28(30)22-15-25-24(14-19(2)32-25)26(16-22)33-23-17-29(18-23)27(20-10-6-4-7-11-20)21-12-8-5-9-13-21/h4-16,23,27H,3,17-18H2,1-2H3. The van der Waals surface area contributed by atoms with Gasteiger partial charge in [0.2, 0.25) is 0 Å².